The average molecular weight is 391 g/mol. The van der Waals surface area contributed by atoms with Crippen LogP contribution in [0, 0.1) is 6.92 Å². The molecule has 0 unspecified atom stereocenters. The number of nitrogens with zero attached hydrogens (tertiary/aromatic N) is 2. The van der Waals surface area contributed by atoms with E-state index in [1.807, 2.05) is 18.2 Å². The first kappa shape index (κ1) is 19.9. The molecule has 0 amide bonds. The highest BCUT2D eigenvalue weighted by molar-refractivity contribution is 6.17. The summed E-state index contributed by atoms with van der Waals surface area (Å²) in [6.45, 7) is 9.69. The summed E-state index contributed by atoms with van der Waals surface area (Å²) in [5, 5.41) is 1.05. The molecule has 0 spiro atoms. The van der Waals surface area contributed by atoms with E-state index in [2.05, 4.69) is 53.6 Å². The zero-order valence-corrected chi connectivity index (χ0v) is 17.5. The molecule has 4 nitrogen and oxygen atoms in total. The van der Waals surface area contributed by atoms with Crippen molar-refractivity contribution >= 4 is 16.7 Å². The van der Waals surface area contributed by atoms with Crippen LogP contribution in [0.15, 0.2) is 48.5 Å². The van der Waals surface area contributed by atoms with Crippen molar-refractivity contribution in [2.45, 2.75) is 33.2 Å². The van der Waals surface area contributed by atoms with Gasteiger partial charge in [-0.05, 0) is 25.0 Å². The second-order valence-electron chi connectivity index (χ2n) is 7.86. The van der Waals surface area contributed by atoms with Crippen LogP contribution < -0.4 is 0 Å². The maximum atomic E-state index is 13.4. The average Bonchev–Trinajstić information content (AvgIpc) is 3.04. The largest absolute Gasteiger partial charge is 0.379 e. The number of ketones is 1. The van der Waals surface area contributed by atoms with Crippen LogP contribution in [0.4, 0.5) is 0 Å². The molecule has 0 atom stereocenters. The molecule has 1 saturated heterocycles. The summed E-state index contributed by atoms with van der Waals surface area (Å²) in [6.07, 6.45) is 2.16. The predicted molar refractivity (Wildman–Crippen MR) is 118 cm³/mol. The molecule has 152 valence electrons. The van der Waals surface area contributed by atoms with E-state index in [9.17, 15) is 4.79 Å². The van der Waals surface area contributed by atoms with Crippen molar-refractivity contribution in [3.05, 3.63) is 70.9 Å². The molecule has 2 heterocycles. The predicted octanol–water partition coefficient (Wildman–Crippen LogP) is 4.47. The van der Waals surface area contributed by atoms with Gasteiger partial charge in [-0.25, -0.2) is 0 Å². The zero-order chi connectivity index (χ0) is 20.2. The fourth-order valence-electron chi connectivity index (χ4n) is 4.33. The number of hydrogen-bond donors (Lipinski definition) is 0. The van der Waals surface area contributed by atoms with Gasteiger partial charge in [-0.15, -0.1) is 0 Å². The number of fused-ring (bicyclic) bond motifs is 1. The molecule has 1 fully saturated rings. The van der Waals surface area contributed by atoms with Crippen LogP contribution in [0.1, 0.15) is 40.5 Å². The number of para-hydroxylation sites is 1. The van der Waals surface area contributed by atoms with Gasteiger partial charge in [0.25, 0.3) is 0 Å². The number of aryl methyl sites for hydroxylation is 1. The summed E-state index contributed by atoms with van der Waals surface area (Å²) < 4.78 is 7.77. The lowest BCUT2D eigenvalue weighted by Gasteiger charge is -2.27. The molecule has 4 heteroatoms. The molecule has 0 aliphatic carbocycles. The van der Waals surface area contributed by atoms with Gasteiger partial charge in [0.15, 0.2) is 5.78 Å². The van der Waals surface area contributed by atoms with E-state index < -0.39 is 0 Å². The van der Waals surface area contributed by atoms with E-state index in [0.717, 1.165) is 80.0 Å². The Morgan fingerprint density at radius 2 is 1.72 bits per heavy atom. The van der Waals surface area contributed by atoms with Crippen LogP contribution >= 0.6 is 0 Å². The topological polar surface area (TPSA) is 34.5 Å². The van der Waals surface area contributed by atoms with Crippen molar-refractivity contribution in [1.29, 1.82) is 0 Å². The third kappa shape index (κ3) is 4.14. The van der Waals surface area contributed by atoms with Crippen LogP contribution in [-0.2, 0) is 17.7 Å². The highest BCUT2D eigenvalue weighted by Gasteiger charge is 2.21. The van der Waals surface area contributed by atoms with Gasteiger partial charge >= 0.3 is 0 Å². The van der Waals surface area contributed by atoms with E-state index >= 15 is 0 Å². The van der Waals surface area contributed by atoms with Crippen LogP contribution in [0.3, 0.4) is 0 Å². The summed E-state index contributed by atoms with van der Waals surface area (Å²) >= 11 is 0. The Bertz CT molecular complexity index is 982. The minimum absolute atomic E-state index is 0.117. The SMILES string of the molecule is CCCc1ccc(C(=O)c2c(C)n(CCN3CCOCC3)c3ccccc23)cc1. The van der Waals surface area contributed by atoms with Gasteiger partial charge in [-0.1, -0.05) is 55.8 Å². The Balaban J connectivity index is 1.65. The Labute approximate surface area is 173 Å². The van der Waals surface area contributed by atoms with E-state index in [-0.39, 0.29) is 5.78 Å². The lowest BCUT2D eigenvalue weighted by atomic mass is 9.99. The normalized spacial score (nSPS) is 15.1. The Morgan fingerprint density at radius 3 is 2.45 bits per heavy atom. The third-order valence-corrected chi connectivity index (χ3v) is 5.96. The lowest BCUT2D eigenvalue weighted by molar-refractivity contribution is 0.0365. The van der Waals surface area contributed by atoms with E-state index in [1.165, 1.54) is 5.56 Å². The lowest BCUT2D eigenvalue weighted by Crippen LogP contribution is -2.38. The van der Waals surface area contributed by atoms with Crippen molar-refractivity contribution in [3.63, 3.8) is 0 Å². The number of carbonyl (C=O) groups is 1. The maximum absolute atomic E-state index is 13.4. The number of morpholine rings is 1. The van der Waals surface area contributed by atoms with Gasteiger partial charge in [0.2, 0.25) is 0 Å². The van der Waals surface area contributed by atoms with Crippen molar-refractivity contribution in [2.24, 2.45) is 0 Å². The minimum atomic E-state index is 0.117. The standard InChI is InChI=1S/C25H30N2O2/c1-3-6-20-9-11-21(12-10-20)25(28)24-19(2)27(23-8-5-4-7-22(23)24)14-13-26-15-17-29-18-16-26/h4-5,7-12H,3,6,13-18H2,1-2H3. The number of hydrogen-bond acceptors (Lipinski definition) is 3. The molecular formula is C25H30N2O2. The van der Waals surface area contributed by atoms with Crippen LogP contribution in [0.5, 0.6) is 0 Å². The summed E-state index contributed by atoms with van der Waals surface area (Å²) in [5.41, 5.74) is 5.09. The fourth-order valence-corrected chi connectivity index (χ4v) is 4.33. The third-order valence-electron chi connectivity index (χ3n) is 5.96. The van der Waals surface area contributed by atoms with E-state index in [0.29, 0.717) is 0 Å². The molecular weight excluding hydrogens is 360 g/mol. The van der Waals surface area contributed by atoms with Crippen molar-refractivity contribution in [2.75, 3.05) is 32.8 Å². The summed E-state index contributed by atoms with van der Waals surface area (Å²) in [4.78, 5) is 15.9. The molecule has 1 aliphatic rings. The minimum Gasteiger partial charge on any atom is -0.379 e. The maximum Gasteiger partial charge on any atom is 0.195 e. The van der Waals surface area contributed by atoms with Crippen LogP contribution in [0.2, 0.25) is 0 Å². The van der Waals surface area contributed by atoms with Crippen molar-refractivity contribution in [1.82, 2.24) is 9.47 Å². The fraction of sp³-hybridized carbons (Fsp3) is 0.400. The van der Waals surface area contributed by atoms with Gasteiger partial charge < -0.3 is 9.30 Å². The number of rotatable bonds is 7. The number of carbonyl (C=O) groups excluding carboxylic acids is 1. The smallest absolute Gasteiger partial charge is 0.195 e. The molecule has 0 radical (unpaired) electrons. The molecule has 29 heavy (non-hydrogen) atoms. The van der Waals surface area contributed by atoms with Gasteiger partial charge in [-0.2, -0.15) is 0 Å². The monoisotopic (exact) mass is 390 g/mol. The number of aromatic nitrogens is 1. The van der Waals surface area contributed by atoms with Crippen molar-refractivity contribution in [3.8, 4) is 0 Å². The molecule has 0 saturated carbocycles. The van der Waals surface area contributed by atoms with Gasteiger partial charge in [0.05, 0.1) is 18.8 Å². The quantitative estimate of drug-likeness (QED) is 0.559. The summed E-state index contributed by atoms with van der Waals surface area (Å²) in [5.74, 6) is 0.117. The summed E-state index contributed by atoms with van der Waals surface area (Å²) in [7, 11) is 0. The van der Waals surface area contributed by atoms with E-state index in [1.54, 1.807) is 0 Å². The van der Waals surface area contributed by atoms with Gasteiger partial charge in [0, 0.05) is 48.3 Å². The highest BCUT2D eigenvalue weighted by Crippen LogP contribution is 2.28. The molecule has 3 aromatic rings. The molecule has 4 rings (SSSR count). The van der Waals surface area contributed by atoms with Gasteiger partial charge in [-0.3, -0.25) is 9.69 Å². The highest BCUT2D eigenvalue weighted by atomic mass is 16.5. The van der Waals surface area contributed by atoms with E-state index in [4.69, 9.17) is 4.74 Å². The number of ether oxygens (including phenoxy) is 1. The van der Waals surface area contributed by atoms with Crippen LogP contribution in [0.25, 0.3) is 10.9 Å². The number of benzene rings is 2. The Kier molecular flexibility index (Phi) is 6.12. The van der Waals surface area contributed by atoms with Gasteiger partial charge in [0.1, 0.15) is 0 Å². The molecule has 1 aliphatic heterocycles. The first-order chi connectivity index (χ1) is 14.2. The molecule has 0 bridgehead atoms. The molecule has 1 aromatic heterocycles. The summed E-state index contributed by atoms with van der Waals surface area (Å²) in [6, 6.07) is 16.4. The second kappa shape index (κ2) is 8.93. The first-order valence-electron chi connectivity index (χ1n) is 10.7. The Hall–Kier alpha value is -2.43. The van der Waals surface area contributed by atoms with Crippen LogP contribution in [-0.4, -0.2) is 48.1 Å². The molecule has 0 N–H and O–H groups in total. The second-order valence-corrected chi connectivity index (χ2v) is 7.86. The molecule has 2 aromatic carbocycles. The Morgan fingerprint density at radius 1 is 1.00 bits per heavy atom. The zero-order valence-electron chi connectivity index (χ0n) is 17.5. The van der Waals surface area contributed by atoms with Crippen molar-refractivity contribution < 1.29 is 9.53 Å². The first-order valence-corrected chi connectivity index (χ1v) is 10.7.